The van der Waals surface area contributed by atoms with Crippen LogP contribution in [0, 0.1) is 46.3 Å². The number of aliphatic hydroxyl groups excluding tert-OH is 4. The van der Waals surface area contributed by atoms with Crippen LogP contribution in [0.3, 0.4) is 0 Å². The minimum absolute atomic E-state index is 0.0602. The summed E-state index contributed by atoms with van der Waals surface area (Å²) in [5.74, 6) is 1.59. The maximum Gasteiger partial charge on any atom is 0.338 e. The number of allylic oxidation sites excluding steroid dienone is 2. The van der Waals surface area contributed by atoms with Gasteiger partial charge in [-0.05, 0) is 105 Å². The van der Waals surface area contributed by atoms with E-state index in [0.717, 1.165) is 32.3 Å². The van der Waals surface area contributed by atoms with E-state index in [1.807, 2.05) is 0 Å². The van der Waals surface area contributed by atoms with E-state index in [2.05, 4.69) is 33.8 Å². The van der Waals surface area contributed by atoms with Crippen LogP contribution in [-0.2, 0) is 19.0 Å². The van der Waals surface area contributed by atoms with Gasteiger partial charge in [0.25, 0.3) is 0 Å². The van der Waals surface area contributed by atoms with Crippen LogP contribution in [0.4, 0.5) is 0 Å². The highest BCUT2D eigenvalue weighted by Gasteiger charge is 2.68. The Kier molecular flexibility index (Phi) is 8.15. The van der Waals surface area contributed by atoms with Crippen molar-refractivity contribution in [2.24, 2.45) is 46.3 Å². The van der Waals surface area contributed by atoms with Crippen molar-refractivity contribution in [3.05, 3.63) is 23.0 Å². The molecule has 0 radical (unpaired) electrons. The predicted molar refractivity (Wildman–Crippen MR) is 161 cm³/mol. The zero-order chi connectivity index (χ0) is 31.1. The summed E-state index contributed by atoms with van der Waals surface area (Å²) in [4.78, 5) is 12.7. The van der Waals surface area contributed by atoms with E-state index in [0.29, 0.717) is 53.9 Å². The summed E-state index contributed by atoms with van der Waals surface area (Å²) in [6.45, 7) is 13.6. The molecule has 1 spiro atoms. The Morgan fingerprint density at radius 3 is 2.44 bits per heavy atom. The first kappa shape index (κ1) is 31.5. The lowest BCUT2D eigenvalue weighted by Gasteiger charge is -2.58. The highest BCUT2D eigenvalue weighted by Crippen LogP contribution is 2.70. The standard InChI is InChI=1S/C35H54O8/c1-18(2)28(36)29(37)30(38)31(39)32(40)42-22-10-12-33(5)21(15-22)7-8-23-24(33)11-13-34(6)25(23)16-26-27(34)20(4)35(43-26)14-9-19(3)17-41-35/h7,19-20,22-27,29-31,36-39H,8-17H2,1-6H3/t19-,20+,22?,23?,24?,25?,26?,27?,29-,30-,31-,33?,34?,35+/m1/s1. The Labute approximate surface area is 256 Å². The minimum Gasteiger partial charge on any atom is -0.510 e. The topological polar surface area (TPSA) is 126 Å². The molecule has 2 saturated heterocycles. The van der Waals surface area contributed by atoms with Gasteiger partial charge in [0.2, 0.25) is 0 Å². The van der Waals surface area contributed by atoms with Gasteiger partial charge in [0.05, 0.1) is 12.7 Å². The van der Waals surface area contributed by atoms with Crippen molar-refractivity contribution >= 4 is 5.97 Å². The largest absolute Gasteiger partial charge is 0.510 e. The maximum atomic E-state index is 12.7. The molecular weight excluding hydrogens is 548 g/mol. The molecule has 0 aromatic heterocycles. The molecule has 2 aliphatic heterocycles. The highest BCUT2D eigenvalue weighted by molar-refractivity contribution is 5.75. The molecule has 2 heterocycles. The van der Waals surface area contributed by atoms with Gasteiger partial charge in [-0.2, -0.15) is 0 Å². The first-order valence-electron chi connectivity index (χ1n) is 16.8. The van der Waals surface area contributed by atoms with Crippen LogP contribution in [0.2, 0.25) is 0 Å². The molecule has 4 N–H and O–H groups in total. The van der Waals surface area contributed by atoms with E-state index in [9.17, 15) is 25.2 Å². The van der Waals surface area contributed by atoms with Crippen LogP contribution in [0.1, 0.15) is 99.3 Å². The van der Waals surface area contributed by atoms with Gasteiger partial charge < -0.3 is 34.6 Å². The molecule has 0 bridgehead atoms. The normalized spacial score (nSPS) is 47.3. The Morgan fingerprint density at radius 1 is 1.02 bits per heavy atom. The molecule has 4 aliphatic carbocycles. The fraction of sp³-hybridized carbons (Fsp3) is 0.857. The molecule has 14 atom stereocenters. The Hall–Kier alpha value is -1.45. The number of aliphatic hydroxyl groups is 4. The Balaban J connectivity index is 1.12. The highest BCUT2D eigenvalue weighted by atomic mass is 16.7. The molecule has 0 amide bonds. The summed E-state index contributed by atoms with van der Waals surface area (Å²) < 4.78 is 19.1. The zero-order valence-corrected chi connectivity index (χ0v) is 26.9. The van der Waals surface area contributed by atoms with Gasteiger partial charge >= 0.3 is 5.97 Å². The van der Waals surface area contributed by atoms with Gasteiger partial charge in [0, 0.05) is 18.8 Å². The predicted octanol–water partition coefficient (Wildman–Crippen LogP) is 5.20. The lowest BCUT2D eigenvalue weighted by Crippen LogP contribution is -2.52. The van der Waals surface area contributed by atoms with Crippen LogP contribution in [0.15, 0.2) is 23.0 Å². The molecule has 8 unspecified atom stereocenters. The molecule has 8 nitrogen and oxygen atoms in total. The van der Waals surface area contributed by atoms with E-state index in [1.54, 1.807) is 13.8 Å². The van der Waals surface area contributed by atoms with Crippen molar-refractivity contribution in [3.8, 4) is 0 Å². The number of carbonyl (C=O) groups is 1. The third-order valence-corrected chi connectivity index (χ3v) is 13.3. The van der Waals surface area contributed by atoms with Crippen LogP contribution in [0.25, 0.3) is 0 Å². The fourth-order valence-electron chi connectivity index (χ4n) is 10.7. The van der Waals surface area contributed by atoms with Crippen LogP contribution >= 0.6 is 0 Å². The zero-order valence-electron chi connectivity index (χ0n) is 26.9. The lowest BCUT2D eigenvalue weighted by molar-refractivity contribution is -0.272. The number of hydrogen-bond acceptors (Lipinski definition) is 8. The molecule has 43 heavy (non-hydrogen) atoms. The van der Waals surface area contributed by atoms with Gasteiger partial charge in [0.1, 0.15) is 24.1 Å². The second-order valence-electron chi connectivity index (χ2n) is 15.8. The van der Waals surface area contributed by atoms with Crippen LogP contribution < -0.4 is 0 Å². The number of carbonyl (C=O) groups excluding carboxylic acids is 1. The first-order chi connectivity index (χ1) is 20.2. The van der Waals surface area contributed by atoms with Crippen LogP contribution in [-0.4, -0.2) is 69.3 Å². The first-order valence-corrected chi connectivity index (χ1v) is 16.8. The average molecular weight is 603 g/mol. The summed E-state index contributed by atoms with van der Waals surface area (Å²) in [5.41, 5.74) is 2.07. The minimum atomic E-state index is -1.95. The molecule has 3 saturated carbocycles. The van der Waals surface area contributed by atoms with Gasteiger partial charge in [-0.1, -0.05) is 39.3 Å². The molecule has 6 aliphatic rings. The van der Waals surface area contributed by atoms with E-state index >= 15 is 0 Å². The third-order valence-electron chi connectivity index (χ3n) is 13.3. The average Bonchev–Trinajstić information content (AvgIpc) is 3.42. The molecule has 5 fully saturated rings. The molecule has 0 aromatic rings. The lowest BCUT2D eigenvalue weighted by atomic mass is 9.47. The second-order valence-corrected chi connectivity index (χ2v) is 15.8. The summed E-state index contributed by atoms with van der Waals surface area (Å²) in [7, 11) is 0. The maximum absolute atomic E-state index is 12.7. The third kappa shape index (κ3) is 4.93. The molecule has 8 heteroatoms. The SMILES string of the molecule is CC(C)=C(O)[C@@H](O)[C@@H](O)[C@@H](O)C(=O)OC1CCC2(C)C(=CCC3C2CCC2(C)C3CC3O[C@@]4(CC[C@@H](C)CO4)[C@@H](C)C32)C1. The monoisotopic (exact) mass is 602 g/mol. The van der Waals surface area contributed by atoms with E-state index < -0.39 is 30.0 Å². The molecule has 6 rings (SSSR count). The Morgan fingerprint density at radius 2 is 1.77 bits per heavy atom. The quantitative estimate of drug-likeness (QED) is 0.192. The van der Waals surface area contributed by atoms with Crippen LogP contribution in [0.5, 0.6) is 0 Å². The summed E-state index contributed by atoms with van der Waals surface area (Å²) in [6, 6.07) is 0. The number of fused-ring (bicyclic) bond motifs is 7. The Bertz CT molecular complexity index is 1150. The summed E-state index contributed by atoms with van der Waals surface area (Å²) >= 11 is 0. The molecule has 242 valence electrons. The fourth-order valence-corrected chi connectivity index (χ4v) is 10.7. The van der Waals surface area contributed by atoms with E-state index in [4.69, 9.17) is 14.2 Å². The van der Waals surface area contributed by atoms with Crippen molar-refractivity contribution in [2.45, 2.75) is 136 Å². The number of hydrogen-bond donors (Lipinski definition) is 4. The smallest absolute Gasteiger partial charge is 0.338 e. The molecule has 0 aromatic carbocycles. The van der Waals surface area contributed by atoms with Crippen molar-refractivity contribution in [1.82, 2.24) is 0 Å². The summed E-state index contributed by atoms with van der Waals surface area (Å²) in [5, 5.41) is 40.8. The van der Waals surface area contributed by atoms with Crippen molar-refractivity contribution in [2.75, 3.05) is 6.61 Å². The molecular formula is C35H54O8. The van der Waals surface area contributed by atoms with E-state index in [1.165, 1.54) is 24.8 Å². The number of ether oxygens (including phenoxy) is 3. The van der Waals surface area contributed by atoms with Crippen molar-refractivity contribution in [1.29, 1.82) is 0 Å². The van der Waals surface area contributed by atoms with Gasteiger partial charge in [-0.25, -0.2) is 4.79 Å². The number of esters is 1. The van der Waals surface area contributed by atoms with Crippen molar-refractivity contribution < 1.29 is 39.4 Å². The van der Waals surface area contributed by atoms with Gasteiger partial charge in [-0.3, -0.25) is 0 Å². The van der Waals surface area contributed by atoms with Gasteiger partial charge in [-0.15, -0.1) is 0 Å². The van der Waals surface area contributed by atoms with E-state index in [-0.39, 0.29) is 28.8 Å². The number of rotatable bonds is 5. The second kappa shape index (κ2) is 11.1. The van der Waals surface area contributed by atoms with Gasteiger partial charge in [0.15, 0.2) is 11.9 Å². The van der Waals surface area contributed by atoms with Crippen molar-refractivity contribution in [3.63, 3.8) is 0 Å². The summed E-state index contributed by atoms with van der Waals surface area (Å²) in [6.07, 6.45) is 5.74.